The van der Waals surface area contributed by atoms with Gasteiger partial charge in [-0.05, 0) is 37.6 Å². The predicted octanol–water partition coefficient (Wildman–Crippen LogP) is 4.23. The van der Waals surface area contributed by atoms with Gasteiger partial charge in [-0.1, -0.05) is 29.8 Å². The molecule has 0 saturated heterocycles. The number of hydrogen-bond donors (Lipinski definition) is 2. The van der Waals surface area contributed by atoms with Gasteiger partial charge in [-0.25, -0.2) is 14.4 Å². The number of nitrogens with one attached hydrogen (secondary N) is 2. The van der Waals surface area contributed by atoms with Gasteiger partial charge in [0.05, 0.1) is 11.3 Å². The van der Waals surface area contributed by atoms with Crippen LogP contribution in [0.25, 0.3) is 0 Å². The third kappa shape index (κ3) is 3.98. The average molecular weight is 336 g/mol. The highest BCUT2D eigenvalue weighted by atomic mass is 19.1. The van der Waals surface area contributed by atoms with Crippen molar-refractivity contribution in [1.29, 1.82) is 0 Å². The van der Waals surface area contributed by atoms with E-state index in [-0.39, 0.29) is 11.3 Å². The van der Waals surface area contributed by atoms with E-state index in [4.69, 9.17) is 0 Å². The van der Waals surface area contributed by atoms with Crippen LogP contribution in [0.2, 0.25) is 0 Å². The molecule has 25 heavy (non-hydrogen) atoms. The van der Waals surface area contributed by atoms with Crippen molar-refractivity contribution < 1.29 is 9.18 Å². The Morgan fingerprint density at radius 1 is 1.00 bits per heavy atom. The second-order valence-corrected chi connectivity index (χ2v) is 5.67. The molecule has 2 N–H and O–H groups in total. The lowest BCUT2D eigenvalue weighted by atomic mass is 10.1. The molecule has 5 nitrogen and oxygen atoms in total. The zero-order valence-corrected chi connectivity index (χ0v) is 13.9. The standard InChI is InChI=1S/C19H17FN4O/c1-12-7-8-16(13(2)9-12)24-19-21-10-14(11-22-19)18(25)23-17-6-4-3-5-15(17)20/h3-11H,1-2H3,(H,23,25)(H,21,22,24). The highest BCUT2D eigenvalue weighted by Gasteiger charge is 2.10. The van der Waals surface area contributed by atoms with Crippen molar-refractivity contribution in [1.82, 2.24) is 9.97 Å². The van der Waals surface area contributed by atoms with Gasteiger partial charge in [-0.3, -0.25) is 4.79 Å². The molecule has 6 heteroatoms. The van der Waals surface area contributed by atoms with Crippen molar-refractivity contribution >= 4 is 23.2 Å². The van der Waals surface area contributed by atoms with Crippen LogP contribution >= 0.6 is 0 Å². The summed E-state index contributed by atoms with van der Waals surface area (Å²) in [4.78, 5) is 20.4. The fraction of sp³-hybridized carbons (Fsp3) is 0.105. The Morgan fingerprint density at radius 2 is 1.72 bits per heavy atom. The summed E-state index contributed by atoms with van der Waals surface area (Å²) in [5.41, 5.74) is 3.50. The number of para-hydroxylation sites is 1. The van der Waals surface area contributed by atoms with Crippen LogP contribution in [-0.2, 0) is 0 Å². The third-order valence-corrected chi connectivity index (χ3v) is 3.66. The normalized spacial score (nSPS) is 10.4. The lowest BCUT2D eigenvalue weighted by Crippen LogP contribution is -2.14. The van der Waals surface area contributed by atoms with Crippen LogP contribution in [-0.4, -0.2) is 15.9 Å². The summed E-state index contributed by atoms with van der Waals surface area (Å²) in [7, 11) is 0. The maximum absolute atomic E-state index is 13.6. The van der Waals surface area contributed by atoms with Gasteiger partial charge in [0.2, 0.25) is 5.95 Å². The zero-order valence-electron chi connectivity index (χ0n) is 13.9. The molecule has 3 rings (SSSR count). The highest BCUT2D eigenvalue weighted by molar-refractivity contribution is 6.03. The van der Waals surface area contributed by atoms with E-state index >= 15 is 0 Å². The first-order valence-electron chi connectivity index (χ1n) is 7.75. The number of nitrogens with zero attached hydrogens (tertiary/aromatic N) is 2. The molecule has 0 atom stereocenters. The van der Waals surface area contributed by atoms with Crippen LogP contribution in [0.5, 0.6) is 0 Å². The maximum Gasteiger partial charge on any atom is 0.258 e. The molecule has 0 unspecified atom stereocenters. The smallest absolute Gasteiger partial charge is 0.258 e. The summed E-state index contributed by atoms with van der Waals surface area (Å²) in [6.45, 7) is 4.02. The largest absolute Gasteiger partial charge is 0.324 e. The minimum Gasteiger partial charge on any atom is -0.324 e. The van der Waals surface area contributed by atoms with Gasteiger partial charge < -0.3 is 10.6 Å². The predicted molar refractivity (Wildman–Crippen MR) is 95.6 cm³/mol. The number of aryl methyl sites for hydroxylation is 2. The Bertz CT molecular complexity index is 910. The Morgan fingerprint density at radius 3 is 2.40 bits per heavy atom. The molecule has 0 aliphatic carbocycles. The molecular weight excluding hydrogens is 319 g/mol. The number of benzene rings is 2. The highest BCUT2D eigenvalue weighted by Crippen LogP contribution is 2.19. The number of hydrogen-bond acceptors (Lipinski definition) is 4. The Labute approximate surface area is 145 Å². The zero-order chi connectivity index (χ0) is 17.8. The summed E-state index contributed by atoms with van der Waals surface area (Å²) in [6.07, 6.45) is 2.80. The number of aromatic nitrogens is 2. The molecule has 0 saturated carbocycles. The Balaban J connectivity index is 1.71. The molecule has 0 spiro atoms. The van der Waals surface area contributed by atoms with Crippen LogP contribution in [0.3, 0.4) is 0 Å². The second kappa shape index (κ2) is 7.09. The molecule has 1 heterocycles. The van der Waals surface area contributed by atoms with Gasteiger partial charge in [0.25, 0.3) is 5.91 Å². The number of anilines is 3. The Kier molecular flexibility index (Phi) is 4.70. The molecule has 1 amide bonds. The molecule has 3 aromatic rings. The van der Waals surface area contributed by atoms with E-state index in [9.17, 15) is 9.18 Å². The van der Waals surface area contributed by atoms with Gasteiger partial charge in [-0.2, -0.15) is 0 Å². The molecule has 0 fully saturated rings. The summed E-state index contributed by atoms with van der Waals surface area (Å²) in [6, 6.07) is 12.0. The molecule has 0 radical (unpaired) electrons. The van der Waals surface area contributed by atoms with E-state index in [1.54, 1.807) is 12.1 Å². The van der Waals surface area contributed by atoms with E-state index < -0.39 is 11.7 Å². The summed E-state index contributed by atoms with van der Waals surface area (Å²) in [5, 5.41) is 5.61. The van der Waals surface area contributed by atoms with E-state index in [0.717, 1.165) is 11.3 Å². The molecule has 126 valence electrons. The lowest BCUT2D eigenvalue weighted by molar-refractivity contribution is 0.102. The van der Waals surface area contributed by atoms with E-state index in [2.05, 4.69) is 26.7 Å². The lowest BCUT2D eigenvalue weighted by Gasteiger charge is -2.09. The van der Waals surface area contributed by atoms with Crippen LogP contribution in [0.15, 0.2) is 54.9 Å². The van der Waals surface area contributed by atoms with Crippen LogP contribution < -0.4 is 10.6 Å². The molecule has 2 aromatic carbocycles. The van der Waals surface area contributed by atoms with Crippen molar-refractivity contribution in [3.8, 4) is 0 Å². The van der Waals surface area contributed by atoms with E-state index in [1.165, 1.54) is 30.1 Å². The minimum atomic E-state index is -0.495. The van der Waals surface area contributed by atoms with Gasteiger partial charge in [0.15, 0.2) is 0 Å². The number of carbonyl (C=O) groups is 1. The fourth-order valence-electron chi connectivity index (χ4n) is 2.34. The van der Waals surface area contributed by atoms with Crippen LogP contribution in [0, 0.1) is 19.7 Å². The maximum atomic E-state index is 13.6. The number of amides is 1. The first-order valence-corrected chi connectivity index (χ1v) is 7.75. The first kappa shape index (κ1) is 16.6. The van der Waals surface area contributed by atoms with Crippen molar-refractivity contribution in [2.24, 2.45) is 0 Å². The minimum absolute atomic E-state index is 0.116. The molecular formula is C19H17FN4O. The van der Waals surface area contributed by atoms with Crippen molar-refractivity contribution in [2.75, 3.05) is 10.6 Å². The van der Waals surface area contributed by atoms with Gasteiger partial charge in [0, 0.05) is 18.1 Å². The van der Waals surface area contributed by atoms with E-state index in [0.29, 0.717) is 5.95 Å². The summed E-state index contributed by atoms with van der Waals surface area (Å²) in [5.74, 6) is -0.581. The van der Waals surface area contributed by atoms with Crippen LogP contribution in [0.4, 0.5) is 21.7 Å². The summed E-state index contributed by atoms with van der Waals surface area (Å²) >= 11 is 0. The van der Waals surface area contributed by atoms with Gasteiger partial charge in [0.1, 0.15) is 5.82 Å². The first-order chi connectivity index (χ1) is 12.0. The topological polar surface area (TPSA) is 66.9 Å². The van der Waals surface area contributed by atoms with Gasteiger partial charge in [-0.15, -0.1) is 0 Å². The van der Waals surface area contributed by atoms with Crippen molar-refractivity contribution in [3.05, 3.63) is 77.4 Å². The average Bonchev–Trinajstić information content (AvgIpc) is 2.60. The number of rotatable bonds is 4. The molecule has 1 aromatic heterocycles. The van der Waals surface area contributed by atoms with Crippen molar-refractivity contribution in [2.45, 2.75) is 13.8 Å². The van der Waals surface area contributed by atoms with Crippen molar-refractivity contribution in [3.63, 3.8) is 0 Å². The second-order valence-electron chi connectivity index (χ2n) is 5.67. The monoisotopic (exact) mass is 336 g/mol. The summed E-state index contributed by atoms with van der Waals surface area (Å²) < 4.78 is 13.6. The van der Waals surface area contributed by atoms with E-state index in [1.807, 2.05) is 26.0 Å². The number of halogens is 1. The molecule has 0 bridgehead atoms. The Hall–Kier alpha value is -3.28. The number of carbonyl (C=O) groups excluding carboxylic acids is 1. The third-order valence-electron chi connectivity index (χ3n) is 3.66. The van der Waals surface area contributed by atoms with Gasteiger partial charge >= 0.3 is 0 Å². The SMILES string of the molecule is Cc1ccc(Nc2ncc(C(=O)Nc3ccccc3F)cn2)c(C)c1. The van der Waals surface area contributed by atoms with Crippen LogP contribution in [0.1, 0.15) is 21.5 Å². The molecule has 0 aliphatic heterocycles. The molecule has 0 aliphatic rings. The fourth-order valence-corrected chi connectivity index (χ4v) is 2.34. The quantitative estimate of drug-likeness (QED) is 0.748.